The van der Waals surface area contributed by atoms with Crippen LogP contribution in [0.25, 0.3) is 11.1 Å². The number of alkyl halides is 1. The van der Waals surface area contributed by atoms with Crippen molar-refractivity contribution in [3.63, 3.8) is 0 Å². The van der Waals surface area contributed by atoms with Gasteiger partial charge in [-0.25, -0.2) is 0 Å². The van der Waals surface area contributed by atoms with Crippen LogP contribution in [0.4, 0.5) is 0 Å². The van der Waals surface area contributed by atoms with Crippen LogP contribution >= 0.6 is 15.9 Å². The van der Waals surface area contributed by atoms with E-state index in [2.05, 4.69) is 78.3 Å². The predicted octanol–water partition coefficient (Wildman–Crippen LogP) is 5.15. The summed E-state index contributed by atoms with van der Waals surface area (Å²) in [4.78, 5) is 0.290. The summed E-state index contributed by atoms with van der Waals surface area (Å²) < 4.78 is 0. The third kappa shape index (κ3) is 1.88. The predicted molar refractivity (Wildman–Crippen MR) is 99.3 cm³/mol. The molecule has 0 aromatic heterocycles. The molecule has 2 bridgehead atoms. The molecule has 0 radical (unpaired) electrons. The Morgan fingerprint density at radius 3 is 1.87 bits per heavy atom. The van der Waals surface area contributed by atoms with Crippen molar-refractivity contribution in [2.75, 3.05) is 0 Å². The lowest BCUT2D eigenvalue weighted by molar-refractivity contribution is 0.0591. The van der Waals surface area contributed by atoms with Crippen molar-refractivity contribution < 1.29 is 5.11 Å². The molecule has 1 nitrogen and oxygen atoms in total. The monoisotopic (exact) mass is 368 g/mol. The van der Waals surface area contributed by atoms with E-state index in [1.54, 1.807) is 0 Å². The highest BCUT2D eigenvalue weighted by molar-refractivity contribution is 9.09. The number of halogens is 1. The second-order valence-electron chi connectivity index (χ2n) is 7.26. The van der Waals surface area contributed by atoms with Crippen LogP contribution in [-0.2, 0) is 0 Å². The normalized spacial score (nSPS) is 35.8. The zero-order chi connectivity index (χ0) is 16.2. The highest BCUT2D eigenvalue weighted by Crippen LogP contribution is 2.70. The third-order valence-electron chi connectivity index (χ3n) is 5.91. The largest absolute Gasteiger partial charge is 0.391 e. The van der Waals surface area contributed by atoms with E-state index in [1.807, 2.05) is 12.1 Å². The van der Waals surface area contributed by atoms with Crippen LogP contribution in [0.15, 0.2) is 60.7 Å². The lowest BCUT2D eigenvalue weighted by Gasteiger charge is -2.34. The first kappa shape index (κ1) is 15.2. The van der Waals surface area contributed by atoms with Gasteiger partial charge in [-0.05, 0) is 28.7 Å². The van der Waals surface area contributed by atoms with Gasteiger partial charge in [0.05, 0.1) is 6.10 Å². The third-order valence-corrected chi connectivity index (χ3v) is 7.19. The van der Waals surface area contributed by atoms with Gasteiger partial charge in [0.25, 0.3) is 0 Å². The number of rotatable bonds is 2. The minimum Gasteiger partial charge on any atom is -0.391 e. The number of hydrogen-bond acceptors (Lipinski definition) is 1. The average molecular weight is 369 g/mol. The fourth-order valence-electron chi connectivity index (χ4n) is 4.76. The molecule has 0 unspecified atom stereocenters. The van der Waals surface area contributed by atoms with Gasteiger partial charge in [0.2, 0.25) is 0 Å². The minimum atomic E-state index is -0.371. The van der Waals surface area contributed by atoms with Crippen molar-refractivity contribution in [1.29, 1.82) is 0 Å². The number of benzene rings is 2. The summed E-state index contributed by atoms with van der Waals surface area (Å²) in [6, 6.07) is 21.1. The highest BCUT2D eigenvalue weighted by Gasteiger charge is 2.66. The van der Waals surface area contributed by atoms with Gasteiger partial charge in [-0.15, -0.1) is 0 Å². The van der Waals surface area contributed by atoms with Gasteiger partial charge in [-0.2, -0.15) is 0 Å². The first-order valence-corrected chi connectivity index (χ1v) is 9.09. The van der Waals surface area contributed by atoms with Crippen molar-refractivity contribution in [3.05, 3.63) is 71.8 Å². The van der Waals surface area contributed by atoms with Gasteiger partial charge >= 0.3 is 0 Å². The summed E-state index contributed by atoms with van der Waals surface area (Å²) in [5, 5.41) is 11.2. The Morgan fingerprint density at radius 2 is 1.35 bits per heavy atom. The van der Waals surface area contributed by atoms with E-state index in [-0.39, 0.29) is 21.8 Å². The molecular formula is C21H21BrO. The molecule has 4 atom stereocenters. The first-order chi connectivity index (χ1) is 11.0. The molecule has 0 amide bonds. The van der Waals surface area contributed by atoms with Gasteiger partial charge in [0.15, 0.2) is 0 Å². The van der Waals surface area contributed by atoms with Gasteiger partial charge < -0.3 is 5.11 Å². The molecule has 0 heterocycles. The van der Waals surface area contributed by atoms with Crippen LogP contribution in [0.1, 0.15) is 31.4 Å². The van der Waals surface area contributed by atoms with Crippen LogP contribution < -0.4 is 0 Å². The molecule has 118 valence electrons. The maximum Gasteiger partial charge on any atom is 0.0739 e. The molecule has 2 aromatic carbocycles. The van der Waals surface area contributed by atoms with E-state index in [0.29, 0.717) is 0 Å². The fraction of sp³-hybridized carbons (Fsp3) is 0.333. The maximum absolute atomic E-state index is 11.2. The number of aliphatic hydroxyl groups is 1. The molecule has 0 aliphatic heterocycles. The molecule has 1 N–H and O–H groups in total. The van der Waals surface area contributed by atoms with Crippen molar-refractivity contribution in [2.24, 2.45) is 10.8 Å². The van der Waals surface area contributed by atoms with Crippen molar-refractivity contribution in [2.45, 2.75) is 31.2 Å². The van der Waals surface area contributed by atoms with Crippen molar-refractivity contribution in [3.8, 4) is 0 Å². The molecule has 0 spiro atoms. The molecule has 1 fully saturated rings. The second kappa shape index (κ2) is 5.06. The van der Waals surface area contributed by atoms with Gasteiger partial charge in [0, 0.05) is 15.7 Å². The number of fused-ring (bicyclic) bond motifs is 2. The summed E-state index contributed by atoms with van der Waals surface area (Å²) in [5.74, 6) is 0. The lowest BCUT2D eigenvalue weighted by atomic mass is 9.73. The SMILES string of the molecule is C[C@]12C(c3ccccc3)=C(c3ccccc3)[C@](C)(C[C@@H]1Br)[C@@H]2O. The summed E-state index contributed by atoms with van der Waals surface area (Å²) in [5.41, 5.74) is 4.59. The Labute approximate surface area is 146 Å². The van der Waals surface area contributed by atoms with Crippen molar-refractivity contribution >= 4 is 27.1 Å². The van der Waals surface area contributed by atoms with Gasteiger partial charge in [0.1, 0.15) is 0 Å². The maximum atomic E-state index is 11.2. The zero-order valence-electron chi connectivity index (χ0n) is 13.5. The fourth-order valence-corrected chi connectivity index (χ4v) is 5.91. The van der Waals surface area contributed by atoms with E-state index in [9.17, 15) is 5.11 Å². The molecule has 4 rings (SSSR count). The quantitative estimate of drug-likeness (QED) is 0.726. The molecule has 2 heteroatoms. The highest BCUT2D eigenvalue weighted by atomic mass is 79.9. The van der Waals surface area contributed by atoms with Crippen LogP contribution in [0.3, 0.4) is 0 Å². The van der Waals surface area contributed by atoms with E-state index >= 15 is 0 Å². The standard InChI is InChI=1S/C21H21BrO/c1-20-13-16(22)21(2,19(20)23)18(15-11-7-4-8-12-15)17(20)14-9-5-3-6-10-14/h3-12,16,19,23H,13H2,1-2H3/t16-,19-,20-,21+/m0/s1. The van der Waals surface area contributed by atoms with Crippen LogP contribution in [0.2, 0.25) is 0 Å². The van der Waals surface area contributed by atoms with E-state index in [1.165, 1.54) is 22.3 Å². The molecule has 0 saturated heterocycles. The molecule has 1 saturated carbocycles. The average Bonchev–Trinajstić information content (AvgIpc) is 2.86. The van der Waals surface area contributed by atoms with Crippen LogP contribution in [0.5, 0.6) is 0 Å². The molecule has 2 aliphatic carbocycles. The minimum absolute atomic E-state index is 0.213. The van der Waals surface area contributed by atoms with Gasteiger partial charge in [-0.1, -0.05) is 90.4 Å². The van der Waals surface area contributed by atoms with E-state index in [4.69, 9.17) is 0 Å². The second-order valence-corrected chi connectivity index (χ2v) is 8.36. The molecular weight excluding hydrogens is 348 g/mol. The molecule has 2 aromatic rings. The Morgan fingerprint density at radius 1 is 0.870 bits per heavy atom. The Balaban J connectivity index is 2.06. The van der Waals surface area contributed by atoms with Crippen LogP contribution in [0, 0.1) is 10.8 Å². The lowest BCUT2D eigenvalue weighted by Crippen LogP contribution is -2.34. The Hall–Kier alpha value is -1.38. The van der Waals surface area contributed by atoms with Gasteiger partial charge in [-0.3, -0.25) is 0 Å². The number of aliphatic hydroxyl groups excluding tert-OH is 1. The number of hydrogen-bond donors (Lipinski definition) is 1. The smallest absolute Gasteiger partial charge is 0.0739 e. The van der Waals surface area contributed by atoms with Crippen molar-refractivity contribution in [1.82, 2.24) is 0 Å². The van der Waals surface area contributed by atoms with Crippen LogP contribution in [-0.4, -0.2) is 16.0 Å². The zero-order valence-corrected chi connectivity index (χ0v) is 15.0. The Kier molecular flexibility index (Phi) is 3.33. The molecule has 2 aliphatic rings. The summed E-state index contributed by atoms with van der Waals surface area (Å²) in [6.07, 6.45) is 0.593. The summed E-state index contributed by atoms with van der Waals surface area (Å²) >= 11 is 3.87. The first-order valence-electron chi connectivity index (χ1n) is 8.18. The summed E-state index contributed by atoms with van der Waals surface area (Å²) in [7, 11) is 0. The topological polar surface area (TPSA) is 20.2 Å². The molecule has 23 heavy (non-hydrogen) atoms. The summed E-state index contributed by atoms with van der Waals surface area (Å²) in [6.45, 7) is 4.43. The Bertz CT molecular complexity index is 767. The van der Waals surface area contributed by atoms with E-state index in [0.717, 1.165) is 6.42 Å². The van der Waals surface area contributed by atoms with E-state index < -0.39 is 0 Å².